The predicted molar refractivity (Wildman–Crippen MR) is 74.3 cm³/mol. The number of hydrogen-bond acceptors (Lipinski definition) is 4. The number of aromatic nitrogens is 1. The smallest absolute Gasteiger partial charge is 0.146 e. The zero-order valence-corrected chi connectivity index (χ0v) is 11.6. The number of nitrogens with zero attached hydrogens (tertiary/aromatic N) is 1. The Morgan fingerprint density at radius 1 is 1.33 bits per heavy atom. The Hall–Kier alpha value is -1.13. The lowest BCUT2D eigenvalue weighted by atomic mass is 10.3. The lowest BCUT2D eigenvalue weighted by Crippen LogP contribution is -2.00. The second-order valence-electron chi connectivity index (χ2n) is 3.79. The molecule has 0 unspecified atom stereocenters. The summed E-state index contributed by atoms with van der Waals surface area (Å²) in [5, 5.41) is 4.56. The molecule has 0 aliphatic rings. The Morgan fingerprint density at radius 2 is 2.11 bits per heavy atom. The fourth-order valence-electron chi connectivity index (χ4n) is 1.41. The number of hydrogen-bond donors (Lipinski definition) is 0. The van der Waals surface area contributed by atoms with Gasteiger partial charge >= 0.3 is 0 Å². The van der Waals surface area contributed by atoms with Crippen molar-refractivity contribution < 1.29 is 9.26 Å². The maximum Gasteiger partial charge on any atom is 0.146 e. The van der Waals surface area contributed by atoms with E-state index in [-0.39, 0.29) is 0 Å². The molecule has 0 aliphatic carbocycles. The standard InChI is InChI=1S/C13H14ClNO2S/c1-10-8-13(17-15-10)9-18-7-6-16-12-4-2-11(14)3-5-12/h2-5,8H,6-7,9H2,1H3. The van der Waals surface area contributed by atoms with E-state index in [1.54, 1.807) is 11.8 Å². The SMILES string of the molecule is Cc1cc(CSCCOc2ccc(Cl)cc2)on1. The molecule has 0 spiro atoms. The average Bonchev–Trinajstić information content (AvgIpc) is 2.77. The summed E-state index contributed by atoms with van der Waals surface area (Å²) in [7, 11) is 0. The zero-order chi connectivity index (χ0) is 12.8. The van der Waals surface area contributed by atoms with Crippen LogP contribution >= 0.6 is 23.4 Å². The van der Waals surface area contributed by atoms with Gasteiger partial charge in [0, 0.05) is 16.8 Å². The molecule has 96 valence electrons. The molecule has 5 heteroatoms. The minimum absolute atomic E-state index is 0.666. The summed E-state index contributed by atoms with van der Waals surface area (Å²) >= 11 is 7.55. The van der Waals surface area contributed by atoms with Crippen LogP contribution in [-0.4, -0.2) is 17.5 Å². The Bertz CT molecular complexity index is 484. The molecule has 0 amide bonds. The summed E-state index contributed by atoms with van der Waals surface area (Å²) in [5.41, 5.74) is 0.919. The Labute approximate surface area is 115 Å². The third-order valence-corrected chi connectivity index (χ3v) is 3.43. The normalized spacial score (nSPS) is 10.6. The van der Waals surface area contributed by atoms with Crippen molar-refractivity contribution in [2.45, 2.75) is 12.7 Å². The van der Waals surface area contributed by atoms with Gasteiger partial charge < -0.3 is 9.26 Å². The first kappa shape index (κ1) is 13.3. The molecular weight excluding hydrogens is 270 g/mol. The fourth-order valence-corrected chi connectivity index (χ4v) is 2.22. The Kier molecular flexibility index (Phi) is 4.96. The predicted octanol–water partition coefficient (Wildman–Crippen LogP) is 3.95. The molecule has 0 atom stereocenters. The van der Waals surface area contributed by atoms with Crippen molar-refractivity contribution in [3.63, 3.8) is 0 Å². The van der Waals surface area contributed by atoms with Gasteiger partial charge in [-0.2, -0.15) is 11.8 Å². The maximum atomic E-state index is 5.79. The van der Waals surface area contributed by atoms with Crippen LogP contribution in [0.1, 0.15) is 11.5 Å². The first-order chi connectivity index (χ1) is 8.74. The van der Waals surface area contributed by atoms with E-state index < -0.39 is 0 Å². The summed E-state index contributed by atoms with van der Waals surface area (Å²) in [5.74, 6) is 3.48. The molecule has 0 saturated carbocycles. The van der Waals surface area contributed by atoms with Gasteiger partial charge in [-0.1, -0.05) is 16.8 Å². The third kappa shape index (κ3) is 4.27. The molecule has 0 radical (unpaired) electrons. The van der Waals surface area contributed by atoms with Crippen LogP contribution in [0.5, 0.6) is 5.75 Å². The van der Waals surface area contributed by atoms with Gasteiger partial charge in [-0.25, -0.2) is 0 Å². The minimum Gasteiger partial charge on any atom is -0.493 e. The van der Waals surface area contributed by atoms with Crippen LogP contribution < -0.4 is 4.74 Å². The van der Waals surface area contributed by atoms with Crippen molar-refractivity contribution in [3.8, 4) is 5.75 Å². The van der Waals surface area contributed by atoms with E-state index in [9.17, 15) is 0 Å². The molecule has 0 N–H and O–H groups in total. The molecule has 1 heterocycles. The number of ether oxygens (including phenoxy) is 1. The van der Waals surface area contributed by atoms with Gasteiger partial charge in [-0.05, 0) is 31.2 Å². The third-order valence-electron chi connectivity index (χ3n) is 2.23. The Balaban J connectivity index is 1.63. The fraction of sp³-hybridized carbons (Fsp3) is 0.308. The van der Waals surface area contributed by atoms with Crippen LogP contribution in [0.3, 0.4) is 0 Å². The molecule has 0 aliphatic heterocycles. The minimum atomic E-state index is 0.666. The van der Waals surface area contributed by atoms with Crippen molar-refractivity contribution in [1.82, 2.24) is 5.16 Å². The van der Waals surface area contributed by atoms with E-state index >= 15 is 0 Å². The number of rotatable bonds is 6. The van der Waals surface area contributed by atoms with Crippen LogP contribution in [0.25, 0.3) is 0 Å². The van der Waals surface area contributed by atoms with Crippen LogP contribution in [0, 0.1) is 6.92 Å². The van der Waals surface area contributed by atoms with Crippen LogP contribution in [0.15, 0.2) is 34.9 Å². The quantitative estimate of drug-likeness (QED) is 0.752. The lowest BCUT2D eigenvalue weighted by molar-refractivity contribution is 0.344. The molecule has 0 fully saturated rings. The van der Waals surface area contributed by atoms with Gasteiger partial charge in [0.05, 0.1) is 18.1 Å². The number of thioether (sulfide) groups is 1. The monoisotopic (exact) mass is 283 g/mol. The summed E-state index contributed by atoms with van der Waals surface area (Å²) in [6.07, 6.45) is 0. The molecular formula is C13H14ClNO2S. The molecule has 2 rings (SSSR count). The first-order valence-electron chi connectivity index (χ1n) is 5.62. The maximum absolute atomic E-state index is 5.79. The average molecular weight is 284 g/mol. The summed E-state index contributed by atoms with van der Waals surface area (Å²) in [6, 6.07) is 9.33. The second kappa shape index (κ2) is 6.71. The van der Waals surface area contributed by atoms with E-state index in [4.69, 9.17) is 20.9 Å². The summed E-state index contributed by atoms with van der Waals surface area (Å²) in [6.45, 7) is 2.58. The van der Waals surface area contributed by atoms with Gasteiger partial charge in [-0.15, -0.1) is 0 Å². The zero-order valence-electron chi connectivity index (χ0n) is 10.1. The van der Waals surface area contributed by atoms with Crippen molar-refractivity contribution in [2.75, 3.05) is 12.4 Å². The lowest BCUT2D eigenvalue weighted by Gasteiger charge is -2.05. The van der Waals surface area contributed by atoms with E-state index in [0.717, 1.165) is 33.7 Å². The van der Waals surface area contributed by atoms with Crippen molar-refractivity contribution in [2.24, 2.45) is 0 Å². The van der Waals surface area contributed by atoms with E-state index in [1.165, 1.54) is 0 Å². The summed E-state index contributed by atoms with van der Waals surface area (Å²) < 4.78 is 10.7. The van der Waals surface area contributed by atoms with Crippen LogP contribution in [0.4, 0.5) is 0 Å². The molecule has 18 heavy (non-hydrogen) atoms. The molecule has 2 aromatic rings. The van der Waals surface area contributed by atoms with E-state index in [1.807, 2.05) is 37.3 Å². The molecule has 0 saturated heterocycles. The highest BCUT2D eigenvalue weighted by Gasteiger charge is 2.00. The van der Waals surface area contributed by atoms with Crippen molar-refractivity contribution >= 4 is 23.4 Å². The van der Waals surface area contributed by atoms with E-state index in [0.29, 0.717) is 6.61 Å². The van der Waals surface area contributed by atoms with E-state index in [2.05, 4.69) is 5.16 Å². The first-order valence-corrected chi connectivity index (χ1v) is 7.15. The highest BCUT2D eigenvalue weighted by Crippen LogP contribution is 2.17. The highest BCUT2D eigenvalue weighted by molar-refractivity contribution is 7.98. The molecule has 1 aromatic heterocycles. The largest absolute Gasteiger partial charge is 0.493 e. The van der Waals surface area contributed by atoms with Gasteiger partial charge in [0.25, 0.3) is 0 Å². The van der Waals surface area contributed by atoms with Gasteiger partial charge in [0.1, 0.15) is 11.5 Å². The summed E-state index contributed by atoms with van der Waals surface area (Å²) in [4.78, 5) is 0. The number of aryl methyl sites for hydroxylation is 1. The van der Waals surface area contributed by atoms with Crippen molar-refractivity contribution in [1.29, 1.82) is 0 Å². The van der Waals surface area contributed by atoms with Crippen LogP contribution in [0.2, 0.25) is 5.02 Å². The highest BCUT2D eigenvalue weighted by atomic mass is 35.5. The molecule has 1 aromatic carbocycles. The molecule has 0 bridgehead atoms. The van der Waals surface area contributed by atoms with Crippen molar-refractivity contribution in [3.05, 3.63) is 46.8 Å². The van der Waals surface area contributed by atoms with Gasteiger partial charge in [-0.3, -0.25) is 0 Å². The van der Waals surface area contributed by atoms with Gasteiger partial charge in [0.15, 0.2) is 0 Å². The van der Waals surface area contributed by atoms with Gasteiger partial charge in [0.2, 0.25) is 0 Å². The number of halogens is 1. The second-order valence-corrected chi connectivity index (χ2v) is 5.33. The number of benzene rings is 1. The molecule has 3 nitrogen and oxygen atoms in total. The van der Waals surface area contributed by atoms with Crippen LogP contribution in [-0.2, 0) is 5.75 Å². The topological polar surface area (TPSA) is 35.3 Å². The Morgan fingerprint density at radius 3 is 2.78 bits per heavy atom.